The van der Waals surface area contributed by atoms with Crippen molar-refractivity contribution in [1.29, 1.82) is 0 Å². The number of methoxy groups -OCH3 is 1. The molecule has 0 heterocycles. The molecule has 1 aromatic rings. The van der Waals surface area contributed by atoms with Crippen molar-refractivity contribution in [2.24, 2.45) is 5.73 Å². The first kappa shape index (κ1) is 14.5. The number of benzene rings is 1. The largest absolute Gasteiger partial charge is 0.468 e. The van der Waals surface area contributed by atoms with E-state index in [1.165, 1.54) is 12.7 Å². The van der Waals surface area contributed by atoms with Crippen LogP contribution in [0, 0.1) is 13.8 Å². The molecule has 0 saturated carbocycles. The lowest BCUT2D eigenvalue weighted by atomic mass is 10.0. The Labute approximate surface area is 109 Å². The quantitative estimate of drug-likeness (QED) is 0.825. The molecule has 0 aliphatic rings. The third-order valence-electron chi connectivity index (χ3n) is 2.98. The predicted molar refractivity (Wildman–Crippen MR) is 73.8 cm³/mol. The zero-order chi connectivity index (χ0) is 13.9. The van der Waals surface area contributed by atoms with Crippen LogP contribution >= 0.6 is 0 Å². The van der Waals surface area contributed by atoms with Gasteiger partial charge in [-0.1, -0.05) is 17.7 Å². The molecule has 1 unspecified atom stereocenters. The summed E-state index contributed by atoms with van der Waals surface area (Å²) in [6, 6.07) is 6.20. The van der Waals surface area contributed by atoms with Gasteiger partial charge in [-0.2, -0.15) is 0 Å². The first-order chi connectivity index (χ1) is 8.27. The van der Waals surface area contributed by atoms with Gasteiger partial charge in [0, 0.05) is 19.3 Å². The molecular weight excluding hydrogens is 228 g/mol. The lowest BCUT2D eigenvalue weighted by Gasteiger charge is -2.30. The van der Waals surface area contributed by atoms with Crippen molar-refractivity contribution >= 4 is 11.7 Å². The van der Waals surface area contributed by atoms with Crippen molar-refractivity contribution in [3.8, 4) is 0 Å². The van der Waals surface area contributed by atoms with Crippen LogP contribution in [0.3, 0.4) is 0 Å². The lowest BCUT2D eigenvalue weighted by Crippen LogP contribution is -2.53. The van der Waals surface area contributed by atoms with Gasteiger partial charge in [0.2, 0.25) is 0 Å². The minimum atomic E-state index is -1.01. The van der Waals surface area contributed by atoms with Crippen LogP contribution in [0.4, 0.5) is 5.69 Å². The maximum absolute atomic E-state index is 11.6. The van der Waals surface area contributed by atoms with Crippen molar-refractivity contribution < 1.29 is 9.53 Å². The second kappa shape index (κ2) is 5.40. The molecule has 0 amide bonds. The summed E-state index contributed by atoms with van der Waals surface area (Å²) in [4.78, 5) is 13.5. The van der Waals surface area contributed by atoms with Crippen molar-refractivity contribution in [1.82, 2.24) is 0 Å². The van der Waals surface area contributed by atoms with E-state index < -0.39 is 11.5 Å². The van der Waals surface area contributed by atoms with E-state index in [0.717, 1.165) is 11.3 Å². The van der Waals surface area contributed by atoms with E-state index in [4.69, 9.17) is 10.5 Å². The minimum Gasteiger partial charge on any atom is -0.468 e. The summed E-state index contributed by atoms with van der Waals surface area (Å²) in [7, 11) is 3.27. The summed E-state index contributed by atoms with van der Waals surface area (Å²) in [5, 5.41) is 0. The molecule has 1 rings (SSSR count). The number of esters is 1. The smallest absolute Gasteiger partial charge is 0.327 e. The van der Waals surface area contributed by atoms with E-state index in [2.05, 4.69) is 13.0 Å². The summed E-state index contributed by atoms with van der Waals surface area (Å²) in [5.74, 6) is -0.404. The number of anilines is 1. The van der Waals surface area contributed by atoms with E-state index in [1.54, 1.807) is 6.92 Å². The Bertz CT molecular complexity index is 441. The molecule has 0 fully saturated rings. The molecule has 0 aliphatic carbocycles. The molecular formula is C14H22N2O2. The second-order valence-corrected chi connectivity index (χ2v) is 5.06. The van der Waals surface area contributed by atoms with Crippen LogP contribution in [0.15, 0.2) is 18.2 Å². The summed E-state index contributed by atoms with van der Waals surface area (Å²) >= 11 is 0. The van der Waals surface area contributed by atoms with Crippen molar-refractivity contribution in [2.75, 3.05) is 25.6 Å². The summed E-state index contributed by atoms with van der Waals surface area (Å²) < 4.78 is 4.71. The van der Waals surface area contributed by atoms with Crippen LogP contribution in [0.25, 0.3) is 0 Å². The highest BCUT2D eigenvalue weighted by atomic mass is 16.5. The Kier molecular flexibility index (Phi) is 4.35. The van der Waals surface area contributed by atoms with Gasteiger partial charge in [0.05, 0.1) is 7.11 Å². The SMILES string of the molecule is COC(=O)C(C)(N)CN(C)c1ccc(C)cc1C. The average molecular weight is 250 g/mol. The van der Waals surface area contributed by atoms with Gasteiger partial charge >= 0.3 is 5.97 Å². The zero-order valence-electron chi connectivity index (χ0n) is 11.8. The van der Waals surface area contributed by atoms with Crippen LogP contribution in [0.1, 0.15) is 18.1 Å². The number of hydrogen-bond donors (Lipinski definition) is 1. The molecule has 2 N–H and O–H groups in total. The van der Waals surface area contributed by atoms with Crippen molar-refractivity contribution in [3.63, 3.8) is 0 Å². The number of nitrogens with zero attached hydrogens (tertiary/aromatic N) is 1. The third kappa shape index (κ3) is 3.23. The fraction of sp³-hybridized carbons (Fsp3) is 0.500. The lowest BCUT2D eigenvalue weighted by molar-refractivity contribution is -0.145. The zero-order valence-corrected chi connectivity index (χ0v) is 11.8. The van der Waals surface area contributed by atoms with Gasteiger partial charge in [-0.3, -0.25) is 4.79 Å². The number of hydrogen-bond acceptors (Lipinski definition) is 4. The highest BCUT2D eigenvalue weighted by Crippen LogP contribution is 2.21. The number of rotatable bonds is 4. The molecule has 0 aromatic heterocycles. The molecule has 100 valence electrons. The monoisotopic (exact) mass is 250 g/mol. The molecule has 4 nitrogen and oxygen atoms in total. The maximum Gasteiger partial charge on any atom is 0.327 e. The number of nitrogens with two attached hydrogens (primary N) is 1. The Morgan fingerprint density at radius 1 is 1.44 bits per heavy atom. The molecule has 4 heteroatoms. The van der Waals surface area contributed by atoms with E-state index in [0.29, 0.717) is 6.54 Å². The second-order valence-electron chi connectivity index (χ2n) is 5.06. The first-order valence-corrected chi connectivity index (χ1v) is 5.93. The number of carbonyl (C=O) groups is 1. The van der Waals surface area contributed by atoms with E-state index >= 15 is 0 Å². The Morgan fingerprint density at radius 3 is 2.56 bits per heavy atom. The summed E-state index contributed by atoms with van der Waals surface area (Å²) in [5.41, 5.74) is 8.41. The van der Waals surface area contributed by atoms with Crippen LogP contribution < -0.4 is 10.6 Å². The Balaban J connectivity index is 2.88. The van der Waals surface area contributed by atoms with Gasteiger partial charge in [-0.25, -0.2) is 0 Å². The first-order valence-electron chi connectivity index (χ1n) is 5.93. The summed E-state index contributed by atoms with van der Waals surface area (Å²) in [6.45, 7) is 6.19. The normalized spacial score (nSPS) is 13.9. The highest BCUT2D eigenvalue weighted by molar-refractivity contribution is 5.81. The molecule has 1 atom stereocenters. The molecule has 0 saturated heterocycles. The van der Waals surface area contributed by atoms with Gasteiger partial charge in [-0.15, -0.1) is 0 Å². The fourth-order valence-electron chi connectivity index (χ4n) is 2.11. The predicted octanol–water partition coefficient (Wildman–Crippen LogP) is 1.63. The summed E-state index contributed by atoms with van der Waals surface area (Å²) in [6.07, 6.45) is 0. The fourth-order valence-corrected chi connectivity index (χ4v) is 2.11. The minimum absolute atomic E-state index is 0.404. The van der Waals surface area contributed by atoms with E-state index in [1.807, 2.05) is 31.0 Å². The highest BCUT2D eigenvalue weighted by Gasteiger charge is 2.31. The van der Waals surface area contributed by atoms with Crippen LogP contribution in [0.2, 0.25) is 0 Å². The third-order valence-corrected chi connectivity index (χ3v) is 2.98. The van der Waals surface area contributed by atoms with Gasteiger partial charge in [0.25, 0.3) is 0 Å². The molecule has 0 aliphatic heterocycles. The topological polar surface area (TPSA) is 55.6 Å². The molecule has 1 aromatic carbocycles. The number of aryl methyl sites for hydroxylation is 2. The molecule has 18 heavy (non-hydrogen) atoms. The Hall–Kier alpha value is -1.55. The van der Waals surface area contributed by atoms with Gasteiger partial charge < -0.3 is 15.4 Å². The van der Waals surface area contributed by atoms with Crippen molar-refractivity contribution in [3.05, 3.63) is 29.3 Å². The number of carbonyl (C=O) groups excluding carboxylic acids is 1. The maximum atomic E-state index is 11.6. The molecule has 0 radical (unpaired) electrons. The Morgan fingerprint density at radius 2 is 2.06 bits per heavy atom. The molecule has 0 bridgehead atoms. The van der Waals surface area contributed by atoms with Crippen molar-refractivity contribution in [2.45, 2.75) is 26.3 Å². The van der Waals surface area contributed by atoms with Crippen LogP contribution in [-0.2, 0) is 9.53 Å². The van der Waals surface area contributed by atoms with Gasteiger partial charge in [0.1, 0.15) is 5.54 Å². The van der Waals surface area contributed by atoms with Gasteiger partial charge in [0.15, 0.2) is 0 Å². The van der Waals surface area contributed by atoms with Gasteiger partial charge in [-0.05, 0) is 32.4 Å². The molecule has 0 spiro atoms. The van der Waals surface area contributed by atoms with E-state index in [-0.39, 0.29) is 0 Å². The average Bonchev–Trinajstić information content (AvgIpc) is 2.26. The van der Waals surface area contributed by atoms with E-state index in [9.17, 15) is 4.79 Å². The van der Waals surface area contributed by atoms with Crippen LogP contribution in [-0.4, -0.2) is 32.2 Å². The number of ether oxygens (including phenoxy) is 1. The van der Waals surface area contributed by atoms with Crippen LogP contribution in [0.5, 0.6) is 0 Å². The standard InChI is InChI=1S/C14H22N2O2/c1-10-6-7-12(11(2)8-10)16(4)9-14(3,15)13(17)18-5/h6-8H,9,15H2,1-5H3. The number of likely N-dealkylation sites (N-methyl/N-ethyl adjacent to an activating group) is 1.